The van der Waals surface area contributed by atoms with Gasteiger partial charge in [-0.1, -0.05) is 0 Å². The Morgan fingerprint density at radius 1 is 1.17 bits per heavy atom. The first-order valence-electron chi connectivity index (χ1n) is 8.47. The number of aliphatic hydroxyl groups excluding tert-OH is 1. The zero-order valence-electron chi connectivity index (χ0n) is 13.8. The molecule has 0 unspecified atom stereocenters. The molecule has 2 aliphatic heterocycles. The molecular weight excluding hydrogens is 311 g/mol. The zero-order valence-corrected chi connectivity index (χ0v) is 13.8. The lowest BCUT2D eigenvalue weighted by molar-refractivity contribution is 0.0159. The van der Waals surface area contributed by atoms with Crippen molar-refractivity contribution < 1.29 is 14.2 Å². The SMILES string of the molecule is NC(=NC[C@H]1CC[C@@H](CO)O1)N1CCN(c2ccc(F)cc2)CC1. The molecule has 1 aromatic rings. The molecule has 3 rings (SSSR count). The molecule has 0 saturated carbocycles. The molecular formula is C17H25FN4O2. The van der Waals surface area contributed by atoms with Crippen LogP contribution in [-0.2, 0) is 4.74 Å². The summed E-state index contributed by atoms with van der Waals surface area (Å²) in [5.41, 5.74) is 7.13. The molecule has 7 heteroatoms. The van der Waals surface area contributed by atoms with E-state index in [1.165, 1.54) is 12.1 Å². The molecule has 2 aliphatic rings. The number of hydrogen-bond acceptors (Lipinski definition) is 4. The third-order valence-electron chi connectivity index (χ3n) is 4.65. The molecule has 0 aliphatic carbocycles. The van der Waals surface area contributed by atoms with E-state index in [9.17, 15) is 4.39 Å². The zero-order chi connectivity index (χ0) is 16.9. The lowest BCUT2D eigenvalue weighted by Gasteiger charge is -2.36. The Kier molecular flexibility index (Phi) is 5.52. The predicted molar refractivity (Wildman–Crippen MR) is 91.7 cm³/mol. The van der Waals surface area contributed by atoms with Crippen LogP contribution in [0.1, 0.15) is 12.8 Å². The first-order valence-corrected chi connectivity index (χ1v) is 8.47. The van der Waals surface area contributed by atoms with Crippen LogP contribution < -0.4 is 10.6 Å². The molecule has 2 fully saturated rings. The van der Waals surface area contributed by atoms with Gasteiger partial charge in [-0.05, 0) is 37.1 Å². The van der Waals surface area contributed by atoms with Crippen molar-refractivity contribution >= 4 is 11.6 Å². The van der Waals surface area contributed by atoms with Crippen LogP contribution in [0.3, 0.4) is 0 Å². The van der Waals surface area contributed by atoms with E-state index < -0.39 is 0 Å². The van der Waals surface area contributed by atoms with Gasteiger partial charge < -0.3 is 25.4 Å². The first kappa shape index (κ1) is 17.0. The fourth-order valence-corrected chi connectivity index (χ4v) is 3.19. The van der Waals surface area contributed by atoms with Crippen molar-refractivity contribution in [1.29, 1.82) is 0 Å². The summed E-state index contributed by atoms with van der Waals surface area (Å²) >= 11 is 0. The number of anilines is 1. The van der Waals surface area contributed by atoms with Crippen LogP contribution in [-0.4, -0.2) is 67.5 Å². The van der Waals surface area contributed by atoms with Crippen LogP contribution >= 0.6 is 0 Å². The second-order valence-electron chi connectivity index (χ2n) is 6.29. The Labute approximate surface area is 141 Å². The van der Waals surface area contributed by atoms with Gasteiger partial charge in [0, 0.05) is 31.9 Å². The molecule has 24 heavy (non-hydrogen) atoms. The number of halogens is 1. The van der Waals surface area contributed by atoms with E-state index in [1.54, 1.807) is 12.1 Å². The number of guanidine groups is 1. The minimum absolute atomic E-state index is 0.0503. The highest BCUT2D eigenvalue weighted by atomic mass is 19.1. The Morgan fingerprint density at radius 3 is 2.46 bits per heavy atom. The minimum Gasteiger partial charge on any atom is -0.394 e. The summed E-state index contributed by atoms with van der Waals surface area (Å²) in [6.45, 7) is 3.85. The first-order chi connectivity index (χ1) is 11.7. The van der Waals surface area contributed by atoms with Crippen LogP contribution in [0.25, 0.3) is 0 Å². The predicted octanol–water partition coefficient (Wildman–Crippen LogP) is 0.802. The van der Waals surface area contributed by atoms with Gasteiger partial charge in [-0.25, -0.2) is 4.39 Å². The van der Waals surface area contributed by atoms with Gasteiger partial charge in [0.15, 0.2) is 5.96 Å². The van der Waals surface area contributed by atoms with Gasteiger partial charge in [-0.2, -0.15) is 0 Å². The van der Waals surface area contributed by atoms with Gasteiger partial charge >= 0.3 is 0 Å². The Hall–Kier alpha value is -1.86. The van der Waals surface area contributed by atoms with Gasteiger partial charge in [0.05, 0.1) is 25.4 Å². The number of hydrogen-bond donors (Lipinski definition) is 2. The van der Waals surface area contributed by atoms with Crippen LogP contribution in [0, 0.1) is 5.82 Å². The van der Waals surface area contributed by atoms with Crippen LogP contribution in [0.4, 0.5) is 10.1 Å². The number of benzene rings is 1. The van der Waals surface area contributed by atoms with E-state index >= 15 is 0 Å². The molecule has 3 N–H and O–H groups in total. The maximum absolute atomic E-state index is 13.0. The molecule has 0 amide bonds. The normalized spacial score (nSPS) is 25.3. The quantitative estimate of drug-likeness (QED) is 0.628. The van der Waals surface area contributed by atoms with Gasteiger partial charge in [-0.15, -0.1) is 0 Å². The van der Waals surface area contributed by atoms with E-state index in [-0.39, 0.29) is 24.6 Å². The highest BCUT2D eigenvalue weighted by Crippen LogP contribution is 2.20. The van der Waals surface area contributed by atoms with E-state index in [0.29, 0.717) is 12.5 Å². The summed E-state index contributed by atoms with van der Waals surface area (Å²) in [7, 11) is 0. The molecule has 132 valence electrons. The summed E-state index contributed by atoms with van der Waals surface area (Å²) in [4.78, 5) is 8.74. The summed E-state index contributed by atoms with van der Waals surface area (Å²) in [5.74, 6) is 0.330. The largest absolute Gasteiger partial charge is 0.394 e. The maximum Gasteiger partial charge on any atom is 0.191 e. The van der Waals surface area contributed by atoms with E-state index in [1.807, 2.05) is 0 Å². The second kappa shape index (κ2) is 7.81. The van der Waals surface area contributed by atoms with Crippen molar-refractivity contribution in [2.24, 2.45) is 10.7 Å². The Bertz CT molecular complexity index is 558. The van der Waals surface area contributed by atoms with Crippen molar-refractivity contribution in [2.75, 3.05) is 44.2 Å². The highest BCUT2D eigenvalue weighted by Gasteiger charge is 2.25. The number of aliphatic imine (C=N–C) groups is 1. The van der Waals surface area contributed by atoms with E-state index in [0.717, 1.165) is 44.7 Å². The molecule has 6 nitrogen and oxygen atoms in total. The van der Waals surface area contributed by atoms with Gasteiger partial charge in [-0.3, -0.25) is 4.99 Å². The number of nitrogens with two attached hydrogens (primary N) is 1. The van der Waals surface area contributed by atoms with Crippen LogP contribution in [0.5, 0.6) is 0 Å². The Morgan fingerprint density at radius 2 is 1.83 bits per heavy atom. The molecule has 2 heterocycles. The average Bonchev–Trinajstić information content (AvgIpc) is 3.09. The van der Waals surface area contributed by atoms with Crippen molar-refractivity contribution in [3.8, 4) is 0 Å². The van der Waals surface area contributed by atoms with Crippen molar-refractivity contribution in [2.45, 2.75) is 25.0 Å². The van der Waals surface area contributed by atoms with E-state index in [4.69, 9.17) is 15.6 Å². The number of aliphatic hydroxyl groups is 1. The number of nitrogens with zero attached hydrogens (tertiary/aromatic N) is 3. The molecule has 0 radical (unpaired) electrons. The number of rotatable bonds is 4. The third kappa shape index (κ3) is 4.15. The van der Waals surface area contributed by atoms with E-state index in [2.05, 4.69) is 14.8 Å². The smallest absolute Gasteiger partial charge is 0.191 e. The topological polar surface area (TPSA) is 74.3 Å². The van der Waals surface area contributed by atoms with Gasteiger partial charge in [0.2, 0.25) is 0 Å². The molecule has 2 saturated heterocycles. The fraction of sp³-hybridized carbons (Fsp3) is 0.588. The van der Waals surface area contributed by atoms with Gasteiger partial charge in [0.1, 0.15) is 5.82 Å². The molecule has 0 spiro atoms. The summed E-state index contributed by atoms with van der Waals surface area (Å²) in [6, 6.07) is 6.58. The Balaban J connectivity index is 1.47. The second-order valence-corrected chi connectivity index (χ2v) is 6.29. The standard InChI is InChI=1S/C17H25FN4O2/c18-13-1-3-14(4-2-13)21-7-9-22(10-8-21)17(19)20-11-15-5-6-16(12-23)24-15/h1-4,15-16,23H,5-12H2,(H2,19,20)/t15-,16+/m1/s1. The minimum atomic E-state index is -0.216. The van der Waals surface area contributed by atoms with Crippen molar-refractivity contribution in [3.05, 3.63) is 30.1 Å². The van der Waals surface area contributed by atoms with Gasteiger partial charge in [0.25, 0.3) is 0 Å². The number of piperazine rings is 1. The lowest BCUT2D eigenvalue weighted by atomic mass is 10.2. The summed E-state index contributed by atoms with van der Waals surface area (Å²) in [6.07, 6.45) is 1.81. The third-order valence-corrected chi connectivity index (χ3v) is 4.65. The molecule has 0 aromatic heterocycles. The molecule has 2 atom stereocenters. The monoisotopic (exact) mass is 336 g/mol. The fourth-order valence-electron chi connectivity index (χ4n) is 3.19. The lowest BCUT2D eigenvalue weighted by Crippen LogP contribution is -2.51. The van der Waals surface area contributed by atoms with Crippen molar-refractivity contribution in [1.82, 2.24) is 4.90 Å². The maximum atomic E-state index is 13.0. The summed E-state index contributed by atoms with van der Waals surface area (Å²) in [5, 5.41) is 9.08. The van der Waals surface area contributed by atoms with Crippen LogP contribution in [0.15, 0.2) is 29.3 Å². The summed E-state index contributed by atoms with van der Waals surface area (Å²) < 4.78 is 18.7. The molecule has 0 bridgehead atoms. The molecule has 1 aromatic carbocycles. The van der Waals surface area contributed by atoms with Crippen molar-refractivity contribution in [3.63, 3.8) is 0 Å². The van der Waals surface area contributed by atoms with Crippen LogP contribution in [0.2, 0.25) is 0 Å². The highest BCUT2D eigenvalue weighted by molar-refractivity contribution is 5.78. The average molecular weight is 336 g/mol. The number of ether oxygens (including phenoxy) is 1.